The van der Waals surface area contributed by atoms with Crippen molar-refractivity contribution < 1.29 is 27.4 Å². The van der Waals surface area contributed by atoms with Crippen molar-refractivity contribution in [2.45, 2.75) is 62.6 Å². The molecule has 1 unspecified atom stereocenters. The maximum Gasteiger partial charge on any atom is 0.404 e. The van der Waals surface area contributed by atoms with Crippen LogP contribution in [0.2, 0.25) is 0 Å². The molecule has 0 bridgehead atoms. The minimum atomic E-state index is -3.88. The quantitative estimate of drug-likeness (QED) is 0.613. The number of amides is 1. The largest absolute Gasteiger partial charge is 0.465 e. The summed E-state index contributed by atoms with van der Waals surface area (Å²) in [7, 11) is -3.88. The van der Waals surface area contributed by atoms with E-state index in [0.717, 1.165) is 56.1 Å². The van der Waals surface area contributed by atoms with Crippen LogP contribution >= 0.6 is 0 Å². The molecule has 178 valence electrons. The van der Waals surface area contributed by atoms with E-state index in [1.807, 2.05) is 6.07 Å². The molecule has 1 atom stereocenters. The molecule has 2 aromatic rings. The van der Waals surface area contributed by atoms with E-state index >= 15 is 0 Å². The summed E-state index contributed by atoms with van der Waals surface area (Å²) in [5, 5.41) is 0. The van der Waals surface area contributed by atoms with E-state index in [4.69, 9.17) is 19.9 Å². The molecular weight excluding hydrogens is 444 g/mol. The zero-order chi connectivity index (χ0) is 23.3. The molecule has 1 aromatic heterocycles. The van der Waals surface area contributed by atoms with Crippen molar-refractivity contribution in [2.75, 3.05) is 13.2 Å². The van der Waals surface area contributed by atoms with E-state index in [1.54, 1.807) is 30.5 Å². The van der Waals surface area contributed by atoms with Gasteiger partial charge in [0.15, 0.2) is 6.29 Å². The Kier molecular flexibility index (Phi) is 7.39. The van der Waals surface area contributed by atoms with Gasteiger partial charge in [0, 0.05) is 25.1 Å². The van der Waals surface area contributed by atoms with Crippen LogP contribution in [0.15, 0.2) is 47.5 Å². The maximum atomic E-state index is 13.7. The SMILES string of the molecule is NC(=O)OCCc1cc(C2=CCCCC2)n(S(=O)(=O)c2cccc(OC3CCCCO3)c2)c1. The molecule has 2 N–H and O–H groups in total. The third-order valence-corrected chi connectivity index (χ3v) is 7.54. The van der Waals surface area contributed by atoms with Gasteiger partial charge in [-0.3, -0.25) is 0 Å². The number of ether oxygens (including phenoxy) is 3. The number of nitrogens with two attached hydrogens (primary N) is 1. The summed E-state index contributed by atoms with van der Waals surface area (Å²) in [5.41, 5.74) is 7.45. The summed E-state index contributed by atoms with van der Waals surface area (Å²) in [5.74, 6) is 0.462. The number of benzene rings is 1. The summed E-state index contributed by atoms with van der Waals surface area (Å²) < 4.78 is 45.0. The summed E-state index contributed by atoms with van der Waals surface area (Å²) in [6.07, 6.45) is 9.53. The Morgan fingerprint density at radius 1 is 1.18 bits per heavy atom. The summed E-state index contributed by atoms with van der Waals surface area (Å²) in [6, 6.07) is 8.38. The highest BCUT2D eigenvalue weighted by atomic mass is 32.2. The van der Waals surface area contributed by atoms with Crippen molar-refractivity contribution in [1.29, 1.82) is 0 Å². The van der Waals surface area contributed by atoms with Crippen LogP contribution in [0, 0.1) is 0 Å². The van der Waals surface area contributed by atoms with Gasteiger partial charge in [0.2, 0.25) is 0 Å². The van der Waals surface area contributed by atoms with E-state index in [0.29, 0.717) is 24.5 Å². The lowest BCUT2D eigenvalue weighted by Crippen LogP contribution is -2.25. The van der Waals surface area contributed by atoms with Crippen molar-refractivity contribution in [3.63, 3.8) is 0 Å². The Hall–Kier alpha value is -2.78. The third kappa shape index (κ3) is 5.78. The van der Waals surface area contributed by atoms with Gasteiger partial charge in [0.25, 0.3) is 10.0 Å². The van der Waals surface area contributed by atoms with E-state index < -0.39 is 16.1 Å². The van der Waals surface area contributed by atoms with Crippen molar-refractivity contribution >= 4 is 21.7 Å². The topological polar surface area (TPSA) is 110 Å². The number of aromatic nitrogens is 1. The Bertz CT molecular complexity index is 1120. The summed E-state index contributed by atoms with van der Waals surface area (Å²) >= 11 is 0. The molecule has 4 rings (SSSR count). The highest BCUT2D eigenvalue weighted by Crippen LogP contribution is 2.32. The van der Waals surface area contributed by atoms with Gasteiger partial charge < -0.3 is 19.9 Å². The molecule has 2 heterocycles. The van der Waals surface area contributed by atoms with Crippen LogP contribution in [0.25, 0.3) is 5.57 Å². The van der Waals surface area contributed by atoms with E-state index in [9.17, 15) is 13.2 Å². The van der Waals surface area contributed by atoms with E-state index in [1.165, 1.54) is 3.97 Å². The van der Waals surface area contributed by atoms with Gasteiger partial charge in [-0.1, -0.05) is 12.1 Å². The van der Waals surface area contributed by atoms with E-state index in [-0.39, 0.29) is 17.8 Å². The smallest absolute Gasteiger partial charge is 0.404 e. The first-order valence-electron chi connectivity index (χ1n) is 11.4. The molecule has 0 radical (unpaired) electrons. The van der Waals surface area contributed by atoms with Crippen molar-refractivity contribution in [3.8, 4) is 5.75 Å². The third-order valence-electron chi connectivity index (χ3n) is 5.87. The van der Waals surface area contributed by atoms with E-state index in [2.05, 4.69) is 6.08 Å². The highest BCUT2D eigenvalue weighted by molar-refractivity contribution is 7.90. The maximum absolute atomic E-state index is 13.7. The second kappa shape index (κ2) is 10.4. The number of primary amides is 1. The number of hydrogen-bond acceptors (Lipinski definition) is 6. The van der Waals surface area contributed by atoms with Crippen molar-refractivity contribution in [1.82, 2.24) is 3.97 Å². The molecule has 8 nitrogen and oxygen atoms in total. The minimum Gasteiger partial charge on any atom is -0.465 e. The fraction of sp³-hybridized carbons (Fsp3) is 0.458. The second-order valence-electron chi connectivity index (χ2n) is 8.32. The lowest BCUT2D eigenvalue weighted by Gasteiger charge is -2.23. The van der Waals surface area contributed by atoms with Crippen LogP contribution in [-0.2, 0) is 25.9 Å². The van der Waals surface area contributed by atoms with Crippen molar-refractivity contribution in [3.05, 3.63) is 53.9 Å². The van der Waals surface area contributed by atoms with Crippen LogP contribution in [0.1, 0.15) is 56.2 Å². The lowest BCUT2D eigenvalue weighted by molar-refractivity contribution is -0.106. The first-order valence-corrected chi connectivity index (χ1v) is 12.8. The Morgan fingerprint density at radius 3 is 2.79 bits per heavy atom. The second-order valence-corrected chi connectivity index (χ2v) is 10.1. The lowest BCUT2D eigenvalue weighted by atomic mass is 9.97. The number of rotatable bonds is 8. The molecule has 1 aliphatic heterocycles. The summed E-state index contributed by atoms with van der Waals surface area (Å²) in [4.78, 5) is 11.0. The predicted octanol–water partition coefficient (Wildman–Crippen LogP) is 4.23. The number of nitrogens with zero attached hydrogens (tertiary/aromatic N) is 1. The summed E-state index contributed by atoms with van der Waals surface area (Å²) in [6.45, 7) is 0.731. The van der Waals surface area contributed by atoms with Gasteiger partial charge >= 0.3 is 6.09 Å². The van der Waals surface area contributed by atoms with Crippen LogP contribution < -0.4 is 10.5 Å². The number of carbonyl (C=O) groups excluding carboxylic acids is 1. The van der Waals surface area contributed by atoms with Gasteiger partial charge in [0.05, 0.1) is 23.8 Å². The van der Waals surface area contributed by atoms with Crippen LogP contribution in [0.5, 0.6) is 5.75 Å². The molecule has 0 saturated carbocycles. The average Bonchev–Trinajstić information content (AvgIpc) is 3.25. The standard InChI is InChI=1S/C24H30N2O6S/c25-24(27)31-14-12-18-15-22(19-7-2-1-3-8-19)26(17-18)33(28,29)21-10-6-9-20(16-21)32-23-11-4-5-13-30-23/h6-7,9-10,15-17,23H,1-5,8,11-14H2,(H2,25,27). The monoisotopic (exact) mass is 474 g/mol. The fourth-order valence-corrected chi connectivity index (χ4v) is 5.63. The van der Waals surface area contributed by atoms with Gasteiger partial charge in [-0.15, -0.1) is 0 Å². The fourth-order valence-electron chi connectivity index (χ4n) is 4.18. The first-order chi connectivity index (χ1) is 15.9. The van der Waals surface area contributed by atoms with Gasteiger partial charge in [0.1, 0.15) is 5.75 Å². The molecule has 1 aliphatic carbocycles. The zero-order valence-corrected chi connectivity index (χ0v) is 19.4. The molecule has 1 saturated heterocycles. The molecule has 2 aliphatic rings. The Labute approximate surface area is 194 Å². The average molecular weight is 475 g/mol. The molecule has 9 heteroatoms. The van der Waals surface area contributed by atoms with Crippen LogP contribution in [0.3, 0.4) is 0 Å². The number of allylic oxidation sites excluding steroid dienone is 2. The molecule has 0 spiro atoms. The predicted molar refractivity (Wildman–Crippen MR) is 123 cm³/mol. The highest BCUT2D eigenvalue weighted by Gasteiger charge is 2.24. The molecular formula is C24H30N2O6S. The molecule has 1 amide bonds. The Balaban J connectivity index is 1.64. The van der Waals surface area contributed by atoms with Gasteiger partial charge in [-0.2, -0.15) is 0 Å². The van der Waals surface area contributed by atoms with Crippen LogP contribution in [0.4, 0.5) is 4.79 Å². The molecule has 1 aromatic carbocycles. The normalized spacial score (nSPS) is 19.0. The van der Waals surface area contributed by atoms with Crippen LogP contribution in [-0.4, -0.2) is 38.0 Å². The Morgan fingerprint density at radius 2 is 2.06 bits per heavy atom. The number of carbonyl (C=O) groups is 1. The van der Waals surface area contributed by atoms with Gasteiger partial charge in [-0.05, 0) is 67.9 Å². The molecule has 1 fully saturated rings. The number of hydrogen-bond donors (Lipinski definition) is 1. The first kappa shape index (κ1) is 23.4. The molecule has 33 heavy (non-hydrogen) atoms. The minimum absolute atomic E-state index is 0.0859. The van der Waals surface area contributed by atoms with Crippen molar-refractivity contribution in [2.24, 2.45) is 5.73 Å². The zero-order valence-electron chi connectivity index (χ0n) is 18.6. The van der Waals surface area contributed by atoms with Gasteiger partial charge in [-0.25, -0.2) is 17.2 Å².